The van der Waals surface area contributed by atoms with E-state index in [0.717, 1.165) is 35.9 Å². The van der Waals surface area contributed by atoms with Crippen molar-refractivity contribution < 1.29 is 17.9 Å². The molecule has 0 spiro atoms. The number of benzene rings is 1. The molecular formula is C26H22F3N7O2. The number of aromatic nitrogens is 7. The lowest BCUT2D eigenvalue weighted by molar-refractivity contribution is -0.140. The molecule has 0 bridgehead atoms. The van der Waals surface area contributed by atoms with E-state index in [9.17, 15) is 18.0 Å². The van der Waals surface area contributed by atoms with Gasteiger partial charge in [0.1, 0.15) is 29.1 Å². The fraction of sp³-hybridized carbons (Fsp3) is 0.269. The highest BCUT2D eigenvalue weighted by Crippen LogP contribution is 2.44. The number of hydrogen-bond donors (Lipinski definition) is 2. The number of rotatable bonds is 6. The lowest BCUT2D eigenvalue weighted by Gasteiger charge is -2.11. The second-order valence-electron chi connectivity index (χ2n) is 9.30. The molecule has 1 fully saturated rings. The zero-order chi connectivity index (χ0) is 26.6. The molecule has 0 saturated heterocycles. The van der Waals surface area contributed by atoms with Crippen molar-refractivity contribution in [2.24, 2.45) is 7.05 Å². The fourth-order valence-electron chi connectivity index (χ4n) is 4.61. The molecule has 4 heterocycles. The van der Waals surface area contributed by atoms with Crippen LogP contribution in [0.25, 0.3) is 33.8 Å². The first kappa shape index (κ1) is 23.9. The van der Waals surface area contributed by atoms with Crippen LogP contribution < -0.4 is 10.3 Å². The van der Waals surface area contributed by atoms with Crippen molar-refractivity contribution in [3.63, 3.8) is 0 Å². The van der Waals surface area contributed by atoms with Gasteiger partial charge in [-0.15, -0.1) is 0 Å². The van der Waals surface area contributed by atoms with Crippen LogP contribution in [0.2, 0.25) is 0 Å². The minimum atomic E-state index is -4.51. The zero-order valence-electron chi connectivity index (χ0n) is 20.4. The average Bonchev–Trinajstić information content (AvgIpc) is 3.55. The maximum atomic E-state index is 13.0. The molecule has 9 nitrogen and oxygen atoms in total. The van der Waals surface area contributed by atoms with E-state index >= 15 is 0 Å². The van der Waals surface area contributed by atoms with Crippen molar-refractivity contribution >= 4 is 11.0 Å². The molecule has 194 valence electrons. The molecular weight excluding hydrogens is 499 g/mol. The Balaban J connectivity index is 1.35. The highest BCUT2D eigenvalue weighted by atomic mass is 19.4. The second-order valence-corrected chi connectivity index (χ2v) is 9.30. The Kier molecular flexibility index (Phi) is 5.55. The summed E-state index contributed by atoms with van der Waals surface area (Å²) in [5.74, 6) is 1.19. The van der Waals surface area contributed by atoms with Gasteiger partial charge in [0.25, 0.3) is 5.56 Å². The number of methoxy groups -OCH3 is 1. The number of aromatic amines is 2. The third-order valence-corrected chi connectivity index (χ3v) is 6.62. The molecule has 4 aromatic heterocycles. The monoisotopic (exact) mass is 521 g/mol. The van der Waals surface area contributed by atoms with Gasteiger partial charge in [-0.1, -0.05) is 24.3 Å². The Morgan fingerprint density at radius 2 is 1.89 bits per heavy atom. The highest BCUT2D eigenvalue weighted by molar-refractivity contribution is 5.81. The molecule has 0 aliphatic heterocycles. The van der Waals surface area contributed by atoms with Gasteiger partial charge < -0.3 is 19.3 Å². The molecule has 38 heavy (non-hydrogen) atoms. The van der Waals surface area contributed by atoms with Gasteiger partial charge in [0.2, 0.25) is 5.88 Å². The van der Waals surface area contributed by atoms with E-state index in [2.05, 4.69) is 24.9 Å². The van der Waals surface area contributed by atoms with Crippen LogP contribution in [0, 0.1) is 0 Å². The number of ether oxygens (including phenoxy) is 1. The molecule has 1 aliphatic carbocycles. The molecule has 1 aliphatic rings. The predicted molar refractivity (Wildman–Crippen MR) is 133 cm³/mol. The van der Waals surface area contributed by atoms with Gasteiger partial charge >= 0.3 is 6.18 Å². The minimum absolute atomic E-state index is 0.222. The molecule has 6 rings (SSSR count). The molecule has 0 atom stereocenters. The Morgan fingerprint density at radius 1 is 1.13 bits per heavy atom. The van der Waals surface area contributed by atoms with E-state index in [1.54, 1.807) is 18.3 Å². The number of nitrogens with one attached hydrogen (secondary N) is 2. The number of fused-ring (bicyclic) bond motifs is 1. The Bertz CT molecular complexity index is 1710. The van der Waals surface area contributed by atoms with Crippen LogP contribution in [0.5, 0.6) is 5.88 Å². The molecule has 12 heteroatoms. The van der Waals surface area contributed by atoms with Gasteiger partial charge in [-0.3, -0.25) is 4.79 Å². The Morgan fingerprint density at radius 3 is 2.55 bits per heavy atom. The summed E-state index contributed by atoms with van der Waals surface area (Å²) in [6, 6.07) is 7.10. The lowest BCUT2D eigenvalue weighted by Crippen LogP contribution is -2.12. The van der Waals surface area contributed by atoms with Crippen molar-refractivity contribution in [3.8, 4) is 28.7 Å². The third-order valence-electron chi connectivity index (χ3n) is 6.62. The van der Waals surface area contributed by atoms with Gasteiger partial charge in [-0.05, 0) is 18.4 Å². The fourth-order valence-corrected chi connectivity index (χ4v) is 4.61. The first-order valence-electron chi connectivity index (χ1n) is 11.9. The minimum Gasteiger partial charge on any atom is -0.480 e. The number of alkyl halides is 3. The molecule has 0 unspecified atom stereocenters. The summed E-state index contributed by atoms with van der Waals surface area (Å²) < 4.78 is 46.0. The molecule has 5 aromatic rings. The molecule has 2 N–H and O–H groups in total. The summed E-state index contributed by atoms with van der Waals surface area (Å²) in [4.78, 5) is 36.0. The second kappa shape index (κ2) is 8.82. The smallest absolute Gasteiger partial charge is 0.434 e. The number of aryl methyl sites for hydroxylation is 1. The zero-order valence-corrected chi connectivity index (χ0v) is 20.4. The molecule has 0 amide bonds. The van der Waals surface area contributed by atoms with Crippen LogP contribution in [-0.2, 0) is 19.6 Å². The SMILES string of the molecule is COc1ncnc(C2CC2)c1-c1nc2c(Cc3ccc(-c4nc(C(F)(F)F)cn4C)cc3)c[nH]c2c(=O)[nH]1. The predicted octanol–water partition coefficient (Wildman–Crippen LogP) is 4.60. The van der Waals surface area contributed by atoms with Crippen LogP contribution >= 0.6 is 0 Å². The van der Waals surface area contributed by atoms with Gasteiger partial charge in [0.05, 0.1) is 18.3 Å². The standard InChI is InChI=1S/C26H22F3N7O2/c1-36-11-17(26(27,28)29)33-23(36)15-5-3-13(4-6-15)9-16-10-30-21-20(16)34-22(35-24(21)37)18-19(14-7-8-14)31-12-32-25(18)38-2/h3-6,10-12,14,30H,7-9H2,1-2H3,(H,34,35,37). The maximum Gasteiger partial charge on any atom is 0.434 e. The van der Waals surface area contributed by atoms with E-state index < -0.39 is 11.9 Å². The number of imidazole rings is 1. The largest absolute Gasteiger partial charge is 0.480 e. The van der Waals surface area contributed by atoms with Crippen LogP contribution in [0.1, 0.15) is 41.3 Å². The summed E-state index contributed by atoms with van der Waals surface area (Å²) in [6.07, 6.45) is 2.10. The summed E-state index contributed by atoms with van der Waals surface area (Å²) in [6.45, 7) is 0. The van der Waals surface area contributed by atoms with Crippen LogP contribution in [0.4, 0.5) is 13.2 Å². The summed E-state index contributed by atoms with van der Waals surface area (Å²) in [5, 5.41) is 0. The summed E-state index contributed by atoms with van der Waals surface area (Å²) in [5.41, 5.74) is 3.23. The van der Waals surface area contributed by atoms with Crippen LogP contribution in [-0.4, -0.2) is 41.6 Å². The average molecular weight is 522 g/mol. The summed E-state index contributed by atoms with van der Waals surface area (Å²) in [7, 11) is 3.04. The van der Waals surface area contributed by atoms with E-state index in [0.29, 0.717) is 40.3 Å². The quantitative estimate of drug-likeness (QED) is 0.338. The van der Waals surface area contributed by atoms with E-state index in [1.807, 2.05) is 12.1 Å². The Labute approximate surface area is 213 Å². The van der Waals surface area contributed by atoms with Gasteiger partial charge in [-0.25, -0.2) is 19.9 Å². The number of halogens is 3. The lowest BCUT2D eigenvalue weighted by atomic mass is 10.0. The highest BCUT2D eigenvalue weighted by Gasteiger charge is 2.34. The van der Waals surface area contributed by atoms with Gasteiger partial charge in [0.15, 0.2) is 5.69 Å². The normalized spacial score (nSPS) is 13.8. The number of hydrogen-bond acceptors (Lipinski definition) is 6. The molecule has 0 radical (unpaired) electrons. The van der Waals surface area contributed by atoms with E-state index in [-0.39, 0.29) is 17.3 Å². The maximum absolute atomic E-state index is 13.0. The topological polar surface area (TPSA) is 114 Å². The number of H-pyrrole nitrogens is 2. The van der Waals surface area contributed by atoms with Crippen LogP contribution in [0.15, 0.2) is 47.8 Å². The first-order chi connectivity index (χ1) is 18.2. The number of nitrogens with zero attached hydrogens (tertiary/aromatic N) is 5. The Hall–Kier alpha value is -4.48. The molecule has 1 aromatic carbocycles. The van der Waals surface area contributed by atoms with E-state index in [4.69, 9.17) is 9.72 Å². The van der Waals surface area contributed by atoms with Crippen LogP contribution in [0.3, 0.4) is 0 Å². The van der Waals surface area contributed by atoms with Gasteiger partial charge in [-0.2, -0.15) is 13.2 Å². The van der Waals surface area contributed by atoms with Crippen molar-refractivity contribution in [3.05, 3.63) is 75.9 Å². The van der Waals surface area contributed by atoms with Crippen molar-refractivity contribution in [2.45, 2.75) is 31.4 Å². The van der Waals surface area contributed by atoms with Crippen molar-refractivity contribution in [1.29, 1.82) is 0 Å². The van der Waals surface area contributed by atoms with Crippen molar-refractivity contribution in [1.82, 2.24) is 34.5 Å². The first-order valence-corrected chi connectivity index (χ1v) is 11.9. The summed E-state index contributed by atoms with van der Waals surface area (Å²) >= 11 is 0. The van der Waals surface area contributed by atoms with Crippen molar-refractivity contribution in [2.75, 3.05) is 7.11 Å². The molecule has 1 saturated carbocycles. The van der Waals surface area contributed by atoms with Gasteiger partial charge in [0, 0.05) is 42.9 Å². The van der Waals surface area contributed by atoms with E-state index in [1.165, 1.54) is 25.1 Å². The third kappa shape index (κ3) is 4.21.